The molecule has 1 nitrogen and oxygen atoms in total. The second kappa shape index (κ2) is 4.23. The molecule has 0 spiro atoms. The number of benzene rings is 1. The molecule has 0 aliphatic heterocycles. The predicted octanol–water partition coefficient (Wildman–Crippen LogP) is 3.59. The van der Waals surface area contributed by atoms with Gasteiger partial charge in [-0.3, -0.25) is 0 Å². The fourth-order valence-electron chi connectivity index (χ4n) is 0.898. The van der Waals surface area contributed by atoms with Crippen molar-refractivity contribution in [2.24, 2.45) is 0 Å². The van der Waals surface area contributed by atoms with Gasteiger partial charge < -0.3 is 4.74 Å². The molecule has 0 atom stereocenters. The summed E-state index contributed by atoms with van der Waals surface area (Å²) in [4.78, 5) is 0. The Morgan fingerprint density at radius 3 is 2.62 bits per heavy atom. The van der Waals surface area contributed by atoms with Crippen molar-refractivity contribution in [3.05, 3.63) is 34.9 Å². The molecule has 0 unspecified atom stereocenters. The van der Waals surface area contributed by atoms with E-state index in [4.69, 9.17) is 16.3 Å². The van der Waals surface area contributed by atoms with Gasteiger partial charge in [-0.2, -0.15) is 8.78 Å². The summed E-state index contributed by atoms with van der Waals surface area (Å²) in [5.74, 6) is 0.470. The van der Waals surface area contributed by atoms with Gasteiger partial charge in [0.2, 0.25) is 0 Å². The first-order chi connectivity index (χ1) is 6.13. The molecule has 1 aromatic rings. The highest BCUT2D eigenvalue weighted by Crippen LogP contribution is 2.25. The van der Waals surface area contributed by atoms with Crippen molar-refractivity contribution in [1.29, 1.82) is 0 Å². The second-order valence-corrected chi connectivity index (χ2v) is 2.74. The Kier molecular flexibility index (Phi) is 3.25. The Bertz CT molecular complexity index is 332. The molecule has 0 amide bonds. The average molecular weight is 205 g/mol. The molecule has 0 N–H and O–H groups in total. The summed E-state index contributed by atoms with van der Waals surface area (Å²) in [5, 5.41) is 0.317. The van der Waals surface area contributed by atoms with Crippen LogP contribution in [0.25, 0.3) is 6.08 Å². The van der Waals surface area contributed by atoms with E-state index in [0.717, 1.165) is 6.08 Å². The summed E-state index contributed by atoms with van der Waals surface area (Å²) in [6.45, 7) is 0. The molecule has 1 aromatic carbocycles. The third-order valence-corrected chi connectivity index (χ3v) is 1.75. The summed E-state index contributed by atoms with van der Waals surface area (Å²) >= 11 is 5.71. The van der Waals surface area contributed by atoms with E-state index in [1.54, 1.807) is 0 Å². The first kappa shape index (κ1) is 9.99. The van der Waals surface area contributed by atoms with Gasteiger partial charge in [0, 0.05) is 6.08 Å². The van der Waals surface area contributed by atoms with Crippen LogP contribution in [-0.2, 0) is 0 Å². The van der Waals surface area contributed by atoms with Gasteiger partial charge in [0.25, 0.3) is 6.08 Å². The summed E-state index contributed by atoms with van der Waals surface area (Å²) in [7, 11) is 1.46. The Morgan fingerprint density at radius 2 is 2.15 bits per heavy atom. The van der Waals surface area contributed by atoms with Crippen LogP contribution in [0.2, 0.25) is 5.02 Å². The zero-order valence-corrected chi connectivity index (χ0v) is 7.61. The van der Waals surface area contributed by atoms with Gasteiger partial charge in [0.1, 0.15) is 5.75 Å². The SMILES string of the molecule is COc1ccc(C=C(F)F)cc1Cl. The molecule has 0 radical (unpaired) electrons. The maximum absolute atomic E-state index is 11.8. The van der Waals surface area contributed by atoms with E-state index in [1.807, 2.05) is 0 Å². The van der Waals surface area contributed by atoms with Crippen LogP contribution in [0.1, 0.15) is 5.56 Å². The molecule has 0 saturated heterocycles. The smallest absolute Gasteiger partial charge is 0.270 e. The largest absolute Gasteiger partial charge is 0.495 e. The molecule has 0 aliphatic rings. The highest BCUT2D eigenvalue weighted by atomic mass is 35.5. The number of ether oxygens (including phenoxy) is 1. The summed E-state index contributed by atoms with van der Waals surface area (Å²) in [6.07, 6.45) is -1.01. The number of halogens is 3. The third kappa shape index (κ3) is 2.70. The minimum absolute atomic E-state index is 0.317. The molecule has 1 rings (SSSR count). The van der Waals surface area contributed by atoms with Crippen LogP contribution in [0.4, 0.5) is 8.78 Å². The minimum Gasteiger partial charge on any atom is -0.495 e. The summed E-state index contributed by atoms with van der Waals surface area (Å²) < 4.78 is 28.5. The standard InChI is InChI=1S/C9H7ClF2O/c1-13-8-3-2-6(4-7(8)10)5-9(11)12/h2-5H,1H3. The zero-order valence-electron chi connectivity index (χ0n) is 6.85. The first-order valence-electron chi connectivity index (χ1n) is 3.49. The first-order valence-corrected chi connectivity index (χ1v) is 3.87. The second-order valence-electron chi connectivity index (χ2n) is 2.33. The number of rotatable bonds is 2. The van der Waals surface area contributed by atoms with Gasteiger partial charge in [-0.05, 0) is 17.7 Å². The quantitative estimate of drug-likeness (QED) is 0.716. The molecule has 13 heavy (non-hydrogen) atoms. The Balaban J connectivity index is 3.03. The average Bonchev–Trinajstić information content (AvgIpc) is 2.03. The Labute approximate surface area is 79.6 Å². The van der Waals surface area contributed by atoms with Gasteiger partial charge in [0.05, 0.1) is 12.1 Å². The molecule has 0 fully saturated rings. The maximum atomic E-state index is 11.8. The molecule has 0 aromatic heterocycles. The van der Waals surface area contributed by atoms with Crippen LogP contribution < -0.4 is 4.74 Å². The fraction of sp³-hybridized carbons (Fsp3) is 0.111. The molecule has 0 saturated carbocycles. The highest BCUT2D eigenvalue weighted by molar-refractivity contribution is 6.32. The molecular weight excluding hydrogens is 198 g/mol. The van der Waals surface area contributed by atoms with Gasteiger partial charge in [-0.1, -0.05) is 17.7 Å². The summed E-state index contributed by atoms with van der Waals surface area (Å²) in [5.41, 5.74) is 0.353. The van der Waals surface area contributed by atoms with E-state index < -0.39 is 6.08 Å². The van der Waals surface area contributed by atoms with Crippen LogP contribution in [0.3, 0.4) is 0 Å². The topological polar surface area (TPSA) is 9.23 Å². The van der Waals surface area contributed by atoms with Crippen molar-refractivity contribution in [2.45, 2.75) is 0 Å². The lowest BCUT2D eigenvalue weighted by Gasteiger charge is -2.02. The third-order valence-electron chi connectivity index (χ3n) is 1.45. The van der Waals surface area contributed by atoms with Crippen LogP contribution in [0, 0.1) is 0 Å². The normalized spacial score (nSPS) is 9.54. The van der Waals surface area contributed by atoms with Gasteiger partial charge >= 0.3 is 0 Å². The minimum atomic E-state index is -1.75. The van der Waals surface area contributed by atoms with E-state index in [1.165, 1.54) is 25.3 Å². The van der Waals surface area contributed by atoms with Gasteiger partial charge in [-0.25, -0.2) is 0 Å². The van der Waals surface area contributed by atoms with Gasteiger partial charge in [-0.15, -0.1) is 0 Å². The molecule has 0 heterocycles. The van der Waals surface area contributed by atoms with E-state index in [-0.39, 0.29) is 0 Å². The van der Waals surface area contributed by atoms with Crippen molar-refractivity contribution < 1.29 is 13.5 Å². The monoisotopic (exact) mass is 204 g/mol. The Morgan fingerprint density at radius 1 is 1.46 bits per heavy atom. The number of hydrogen-bond acceptors (Lipinski definition) is 1. The van der Waals surface area contributed by atoms with Crippen LogP contribution in [0.5, 0.6) is 5.75 Å². The predicted molar refractivity (Wildman–Crippen MR) is 48.2 cm³/mol. The lowest BCUT2D eigenvalue weighted by Crippen LogP contribution is -1.84. The summed E-state index contributed by atoms with van der Waals surface area (Å²) in [6, 6.07) is 4.46. The maximum Gasteiger partial charge on any atom is 0.270 e. The molecular formula is C9H7ClF2O. The van der Waals surface area contributed by atoms with E-state index in [2.05, 4.69) is 0 Å². The molecule has 70 valence electrons. The van der Waals surface area contributed by atoms with Crippen molar-refractivity contribution in [2.75, 3.05) is 7.11 Å². The molecule has 0 bridgehead atoms. The van der Waals surface area contributed by atoms with Crippen LogP contribution in [-0.4, -0.2) is 7.11 Å². The van der Waals surface area contributed by atoms with E-state index in [0.29, 0.717) is 16.3 Å². The van der Waals surface area contributed by atoms with Gasteiger partial charge in [0.15, 0.2) is 0 Å². The van der Waals surface area contributed by atoms with Crippen molar-refractivity contribution in [3.63, 3.8) is 0 Å². The van der Waals surface area contributed by atoms with Crippen molar-refractivity contribution >= 4 is 17.7 Å². The lowest BCUT2D eigenvalue weighted by atomic mass is 10.2. The highest BCUT2D eigenvalue weighted by Gasteiger charge is 2.00. The van der Waals surface area contributed by atoms with E-state index in [9.17, 15) is 8.78 Å². The van der Waals surface area contributed by atoms with Crippen LogP contribution in [0.15, 0.2) is 24.3 Å². The number of hydrogen-bond donors (Lipinski definition) is 0. The fourth-order valence-corrected chi connectivity index (χ4v) is 1.16. The number of methoxy groups -OCH3 is 1. The molecule has 4 heteroatoms. The lowest BCUT2D eigenvalue weighted by molar-refractivity contribution is 0.415. The van der Waals surface area contributed by atoms with E-state index >= 15 is 0 Å². The van der Waals surface area contributed by atoms with Crippen LogP contribution >= 0.6 is 11.6 Å². The molecule has 0 aliphatic carbocycles. The zero-order chi connectivity index (χ0) is 9.84. The van der Waals surface area contributed by atoms with Crippen molar-refractivity contribution in [1.82, 2.24) is 0 Å². The Hall–Kier alpha value is -1.09. The van der Waals surface area contributed by atoms with Crippen molar-refractivity contribution in [3.8, 4) is 5.75 Å².